The molecule has 0 amide bonds. The minimum atomic E-state index is -0.983. The van der Waals surface area contributed by atoms with Crippen molar-refractivity contribution in [3.63, 3.8) is 0 Å². The fourth-order valence-electron chi connectivity index (χ4n) is 0.748. The van der Waals surface area contributed by atoms with Crippen molar-refractivity contribution in [1.29, 1.82) is 0 Å². The van der Waals surface area contributed by atoms with Crippen LogP contribution in [0.3, 0.4) is 0 Å². The van der Waals surface area contributed by atoms with Crippen molar-refractivity contribution in [1.82, 2.24) is 0 Å². The minimum absolute atomic E-state index is 0.225. The standard InChI is InChI=1S/C7H8O3S/c8-6(3-7(9)10)5-1-2-11-4-5/h1-2,4,6,8H,3H2,(H,9,10)/t6-/m1/s1. The Bertz CT molecular complexity index is 230. The molecule has 60 valence electrons. The molecule has 11 heavy (non-hydrogen) atoms. The van der Waals surface area contributed by atoms with Gasteiger partial charge in [-0.3, -0.25) is 4.79 Å². The zero-order chi connectivity index (χ0) is 8.27. The molecule has 0 saturated carbocycles. The Morgan fingerprint density at radius 3 is 2.91 bits per heavy atom. The Morgan fingerprint density at radius 2 is 2.45 bits per heavy atom. The second-order valence-corrected chi connectivity index (χ2v) is 2.95. The molecule has 0 fully saturated rings. The van der Waals surface area contributed by atoms with Crippen molar-refractivity contribution >= 4 is 17.3 Å². The van der Waals surface area contributed by atoms with E-state index in [4.69, 9.17) is 5.11 Å². The number of thiophene rings is 1. The summed E-state index contributed by atoms with van der Waals surface area (Å²) in [6.07, 6.45) is -1.09. The van der Waals surface area contributed by atoms with Gasteiger partial charge in [-0.25, -0.2) is 0 Å². The lowest BCUT2D eigenvalue weighted by Gasteiger charge is -2.03. The van der Waals surface area contributed by atoms with Crippen molar-refractivity contribution < 1.29 is 15.0 Å². The summed E-state index contributed by atoms with van der Waals surface area (Å²) in [4.78, 5) is 10.1. The molecule has 0 bridgehead atoms. The van der Waals surface area contributed by atoms with E-state index in [2.05, 4.69) is 0 Å². The summed E-state index contributed by atoms with van der Waals surface area (Å²) in [5, 5.41) is 21.1. The third-order valence-electron chi connectivity index (χ3n) is 1.30. The summed E-state index contributed by atoms with van der Waals surface area (Å²) in [5.74, 6) is -0.983. The van der Waals surface area contributed by atoms with Crippen LogP contribution in [0, 0.1) is 0 Å². The molecule has 0 spiro atoms. The van der Waals surface area contributed by atoms with E-state index in [-0.39, 0.29) is 6.42 Å². The highest BCUT2D eigenvalue weighted by Gasteiger charge is 2.11. The normalized spacial score (nSPS) is 12.8. The van der Waals surface area contributed by atoms with Crippen molar-refractivity contribution in [3.8, 4) is 0 Å². The highest BCUT2D eigenvalue weighted by Crippen LogP contribution is 2.18. The summed E-state index contributed by atoms with van der Waals surface area (Å²) in [5.41, 5.74) is 0.678. The van der Waals surface area contributed by atoms with Crippen LogP contribution in [0.4, 0.5) is 0 Å². The first-order valence-electron chi connectivity index (χ1n) is 3.12. The van der Waals surface area contributed by atoms with Gasteiger partial charge in [0.05, 0.1) is 12.5 Å². The maximum absolute atomic E-state index is 10.1. The molecule has 1 heterocycles. The van der Waals surface area contributed by atoms with Gasteiger partial charge in [0.25, 0.3) is 0 Å². The van der Waals surface area contributed by atoms with Crippen LogP contribution in [0.25, 0.3) is 0 Å². The Kier molecular flexibility index (Phi) is 2.62. The van der Waals surface area contributed by atoms with Gasteiger partial charge in [-0.2, -0.15) is 11.3 Å². The van der Waals surface area contributed by atoms with Gasteiger partial charge in [0.15, 0.2) is 0 Å². The number of aliphatic hydroxyl groups is 1. The van der Waals surface area contributed by atoms with Crippen LogP contribution in [0.5, 0.6) is 0 Å². The van der Waals surface area contributed by atoms with E-state index in [0.29, 0.717) is 5.56 Å². The zero-order valence-electron chi connectivity index (χ0n) is 5.73. The fourth-order valence-corrected chi connectivity index (χ4v) is 1.45. The van der Waals surface area contributed by atoms with Gasteiger partial charge in [-0.15, -0.1) is 0 Å². The van der Waals surface area contributed by atoms with Crippen LogP contribution < -0.4 is 0 Å². The predicted molar refractivity (Wildman–Crippen MR) is 41.5 cm³/mol. The Balaban J connectivity index is 2.56. The van der Waals surface area contributed by atoms with Crippen LogP contribution in [0.15, 0.2) is 16.8 Å². The molecule has 1 aromatic heterocycles. The van der Waals surface area contributed by atoms with Gasteiger partial charge >= 0.3 is 5.97 Å². The highest BCUT2D eigenvalue weighted by molar-refractivity contribution is 7.07. The Morgan fingerprint density at radius 1 is 1.73 bits per heavy atom. The van der Waals surface area contributed by atoms with Crippen LogP contribution in [0.1, 0.15) is 18.1 Å². The summed E-state index contributed by atoms with van der Waals surface area (Å²) < 4.78 is 0. The number of carboxylic acids is 1. The number of aliphatic carboxylic acids is 1. The first kappa shape index (κ1) is 8.23. The van der Waals surface area contributed by atoms with E-state index in [1.807, 2.05) is 0 Å². The molecular formula is C7H8O3S. The molecule has 1 rings (SSSR count). The Hall–Kier alpha value is -0.870. The first-order chi connectivity index (χ1) is 5.20. The molecule has 2 N–H and O–H groups in total. The molecule has 0 aromatic carbocycles. The molecule has 0 unspecified atom stereocenters. The maximum atomic E-state index is 10.1. The monoisotopic (exact) mass is 172 g/mol. The first-order valence-corrected chi connectivity index (χ1v) is 4.06. The second-order valence-electron chi connectivity index (χ2n) is 2.17. The van der Waals surface area contributed by atoms with Crippen LogP contribution in [-0.2, 0) is 4.79 Å². The summed E-state index contributed by atoms with van der Waals surface area (Å²) in [7, 11) is 0. The molecule has 3 nitrogen and oxygen atoms in total. The number of hydrogen-bond acceptors (Lipinski definition) is 3. The largest absolute Gasteiger partial charge is 0.481 e. The SMILES string of the molecule is O=C(O)C[C@@H](O)c1ccsc1. The molecule has 0 saturated heterocycles. The van der Waals surface area contributed by atoms with Gasteiger partial charge in [-0.1, -0.05) is 0 Å². The summed E-state index contributed by atoms with van der Waals surface area (Å²) in [6, 6.07) is 1.72. The molecule has 0 aliphatic carbocycles. The summed E-state index contributed by atoms with van der Waals surface area (Å²) >= 11 is 1.44. The lowest BCUT2D eigenvalue weighted by atomic mass is 10.1. The predicted octanol–water partition coefficient (Wildman–Crippen LogP) is 1.26. The number of rotatable bonds is 3. The second kappa shape index (κ2) is 3.50. The van der Waals surface area contributed by atoms with Crippen molar-refractivity contribution in [2.45, 2.75) is 12.5 Å². The van der Waals surface area contributed by atoms with Crippen LogP contribution >= 0.6 is 11.3 Å². The molecule has 0 aliphatic heterocycles. The van der Waals surface area contributed by atoms with E-state index in [1.54, 1.807) is 16.8 Å². The average Bonchev–Trinajstić information content (AvgIpc) is 2.35. The molecule has 0 aliphatic rings. The molecule has 1 aromatic rings. The number of carbonyl (C=O) groups is 1. The zero-order valence-corrected chi connectivity index (χ0v) is 6.54. The number of carboxylic acid groups (broad SMARTS) is 1. The topological polar surface area (TPSA) is 57.5 Å². The van der Waals surface area contributed by atoms with E-state index in [1.165, 1.54) is 11.3 Å². The van der Waals surface area contributed by atoms with E-state index in [9.17, 15) is 9.90 Å². The fraction of sp³-hybridized carbons (Fsp3) is 0.286. The van der Waals surface area contributed by atoms with Gasteiger partial charge in [0.2, 0.25) is 0 Å². The van der Waals surface area contributed by atoms with Crippen LogP contribution in [0.2, 0.25) is 0 Å². The average molecular weight is 172 g/mol. The van der Waals surface area contributed by atoms with E-state index < -0.39 is 12.1 Å². The maximum Gasteiger partial charge on any atom is 0.306 e. The number of hydrogen-bond donors (Lipinski definition) is 2. The van der Waals surface area contributed by atoms with Gasteiger partial charge in [-0.05, 0) is 22.4 Å². The molecule has 0 radical (unpaired) electrons. The molecular weight excluding hydrogens is 164 g/mol. The van der Waals surface area contributed by atoms with Crippen LogP contribution in [-0.4, -0.2) is 16.2 Å². The number of aliphatic hydroxyl groups excluding tert-OH is 1. The van der Waals surface area contributed by atoms with Gasteiger partial charge < -0.3 is 10.2 Å². The Labute approximate surface area is 67.9 Å². The van der Waals surface area contributed by atoms with E-state index in [0.717, 1.165) is 0 Å². The van der Waals surface area contributed by atoms with Gasteiger partial charge in [0.1, 0.15) is 0 Å². The molecule has 4 heteroatoms. The highest BCUT2D eigenvalue weighted by atomic mass is 32.1. The van der Waals surface area contributed by atoms with Crippen molar-refractivity contribution in [3.05, 3.63) is 22.4 Å². The lowest BCUT2D eigenvalue weighted by molar-refractivity contribution is -0.139. The van der Waals surface area contributed by atoms with Gasteiger partial charge in [0, 0.05) is 0 Å². The molecule has 1 atom stereocenters. The minimum Gasteiger partial charge on any atom is -0.481 e. The van der Waals surface area contributed by atoms with E-state index >= 15 is 0 Å². The lowest BCUT2D eigenvalue weighted by Crippen LogP contribution is -2.03. The third kappa shape index (κ3) is 2.32. The smallest absolute Gasteiger partial charge is 0.306 e. The summed E-state index contributed by atoms with van der Waals surface area (Å²) in [6.45, 7) is 0. The third-order valence-corrected chi connectivity index (χ3v) is 2.00. The quantitative estimate of drug-likeness (QED) is 0.721. The van der Waals surface area contributed by atoms with Crippen molar-refractivity contribution in [2.24, 2.45) is 0 Å². The van der Waals surface area contributed by atoms with Crippen molar-refractivity contribution in [2.75, 3.05) is 0 Å².